The number of carboxylic acids is 1. The summed E-state index contributed by atoms with van der Waals surface area (Å²) < 4.78 is 1.83. The molecule has 0 spiro atoms. The summed E-state index contributed by atoms with van der Waals surface area (Å²) in [7, 11) is 0. The SMILES string of the molecule is O=C(O)CC1(CC(=O)NCCCn2cccn2)CCCC1. The van der Waals surface area contributed by atoms with Crippen LogP contribution in [0.15, 0.2) is 18.5 Å². The van der Waals surface area contributed by atoms with Crippen LogP contribution in [-0.4, -0.2) is 33.3 Å². The van der Waals surface area contributed by atoms with Gasteiger partial charge in [-0.1, -0.05) is 12.8 Å². The number of carbonyl (C=O) groups excluding carboxylic acids is 1. The van der Waals surface area contributed by atoms with E-state index in [0.717, 1.165) is 38.6 Å². The average Bonchev–Trinajstić information content (AvgIpc) is 3.06. The van der Waals surface area contributed by atoms with Crippen molar-refractivity contribution in [2.75, 3.05) is 6.54 Å². The van der Waals surface area contributed by atoms with Gasteiger partial charge in [0.05, 0.1) is 6.42 Å². The summed E-state index contributed by atoms with van der Waals surface area (Å²) in [6, 6.07) is 1.87. The minimum absolute atomic E-state index is 0.0291. The van der Waals surface area contributed by atoms with E-state index in [2.05, 4.69) is 10.4 Å². The monoisotopic (exact) mass is 293 g/mol. The molecule has 1 aliphatic carbocycles. The number of carboxylic acid groups (broad SMARTS) is 1. The number of aliphatic carboxylic acids is 1. The molecule has 6 nitrogen and oxygen atoms in total. The number of nitrogens with one attached hydrogen (secondary N) is 1. The third-order valence-electron chi connectivity index (χ3n) is 4.17. The van der Waals surface area contributed by atoms with Crippen LogP contribution >= 0.6 is 0 Å². The molecule has 1 heterocycles. The Bertz CT molecular complexity index is 465. The van der Waals surface area contributed by atoms with Gasteiger partial charge in [0, 0.05) is 31.9 Å². The Balaban J connectivity index is 1.71. The maximum atomic E-state index is 12.0. The van der Waals surface area contributed by atoms with Gasteiger partial charge in [-0.2, -0.15) is 5.10 Å². The number of aromatic nitrogens is 2. The van der Waals surface area contributed by atoms with Gasteiger partial charge in [-0.05, 0) is 30.7 Å². The number of amides is 1. The third kappa shape index (κ3) is 4.88. The van der Waals surface area contributed by atoms with Gasteiger partial charge in [-0.15, -0.1) is 0 Å². The van der Waals surface area contributed by atoms with Crippen molar-refractivity contribution in [3.63, 3.8) is 0 Å². The Morgan fingerprint density at radius 1 is 1.29 bits per heavy atom. The van der Waals surface area contributed by atoms with Crippen LogP contribution in [0.5, 0.6) is 0 Å². The standard InChI is InChI=1S/C15H23N3O3/c19-13(16-7-3-9-18-10-4-8-17-18)11-15(12-14(20)21)5-1-2-6-15/h4,8,10H,1-3,5-7,9,11-12H2,(H,16,19)(H,20,21). The molecule has 2 N–H and O–H groups in total. The Hall–Kier alpha value is -1.85. The lowest BCUT2D eigenvalue weighted by Gasteiger charge is -2.26. The van der Waals surface area contributed by atoms with Gasteiger partial charge in [0.1, 0.15) is 0 Å². The molecular formula is C15H23N3O3. The summed E-state index contributed by atoms with van der Waals surface area (Å²) >= 11 is 0. The smallest absolute Gasteiger partial charge is 0.303 e. The van der Waals surface area contributed by atoms with Crippen molar-refractivity contribution in [1.82, 2.24) is 15.1 Å². The molecule has 0 aliphatic heterocycles. The molecule has 21 heavy (non-hydrogen) atoms. The normalized spacial score (nSPS) is 16.8. The van der Waals surface area contributed by atoms with Crippen LogP contribution in [0.1, 0.15) is 44.9 Å². The Morgan fingerprint density at radius 3 is 2.67 bits per heavy atom. The number of aryl methyl sites for hydroxylation is 1. The van der Waals surface area contributed by atoms with E-state index in [0.29, 0.717) is 13.0 Å². The van der Waals surface area contributed by atoms with Crippen LogP contribution in [0, 0.1) is 5.41 Å². The fraction of sp³-hybridized carbons (Fsp3) is 0.667. The maximum Gasteiger partial charge on any atom is 0.303 e. The number of carbonyl (C=O) groups is 2. The molecule has 0 radical (unpaired) electrons. The van der Waals surface area contributed by atoms with Crippen LogP contribution in [0.3, 0.4) is 0 Å². The van der Waals surface area contributed by atoms with Crippen molar-refractivity contribution < 1.29 is 14.7 Å². The van der Waals surface area contributed by atoms with Gasteiger partial charge in [-0.3, -0.25) is 14.3 Å². The molecule has 1 aromatic rings. The molecule has 0 atom stereocenters. The van der Waals surface area contributed by atoms with E-state index in [9.17, 15) is 9.59 Å². The molecule has 0 saturated heterocycles. The van der Waals surface area contributed by atoms with Crippen molar-refractivity contribution in [2.45, 2.75) is 51.5 Å². The molecule has 6 heteroatoms. The summed E-state index contributed by atoms with van der Waals surface area (Å²) in [4.78, 5) is 23.0. The molecule has 0 bridgehead atoms. The van der Waals surface area contributed by atoms with Gasteiger partial charge in [-0.25, -0.2) is 0 Å². The second-order valence-electron chi connectivity index (χ2n) is 5.93. The summed E-state index contributed by atoms with van der Waals surface area (Å²) in [5.74, 6) is -0.831. The van der Waals surface area contributed by atoms with E-state index in [-0.39, 0.29) is 17.7 Å². The zero-order chi connectivity index (χ0) is 15.1. The van der Waals surface area contributed by atoms with Crippen molar-refractivity contribution in [3.05, 3.63) is 18.5 Å². The summed E-state index contributed by atoms with van der Waals surface area (Å²) in [5.41, 5.74) is -0.322. The molecule has 2 rings (SSSR count). The van der Waals surface area contributed by atoms with Crippen molar-refractivity contribution >= 4 is 11.9 Å². The van der Waals surface area contributed by atoms with Gasteiger partial charge >= 0.3 is 5.97 Å². The number of hydrogen-bond donors (Lipinski definition) is 2. The molecule has 0 unspecified atom stereocenters. The fourth-order valence-electron chi connectivity index (χ4n) is 3.17. The largest absolute Gasteiger partial charge is 0.481 e. The average molecular weight is 293 g/mol. The van der Waals surface area contributed by atoms with Crippen LogP contribution in [0.25, 0.3) is 0 Å². The second kappa shape index (κ2) is 7.24. The quantitative estimate of drug-likeness (QED) is 0.716. The molecule has 1 fully saturated rings. The lowest BCUT2D eigenvalue weighted by molar-refractivity contribution is -0.140. The molecule has 1 aliphatic rings. The lowest BCUT2D eigenvalue weighted by Crippen LogP contribution is -2.32. The van der Waals surface area contributed by atoms with Crippen LogP contribution in [0.2, 0.25) is 0 Å². The minimum Gasteiger partial charge on any atom is -0.481 e. The number of hydrogen-bond acceptors (Lipinski definition) is 3. The van der Waals surface area contributed by atoms with E-state index in [4.69, 9.17) is 5.11 Å². The first-order chi connectivity index (χ1) is 10.1. The number of nitrogens with zero attached hydrogens (tertiary/aromatic N) is 2. The van der Waals surface area contributed by atoms with Gasteiger partial charge in [0.15, 0.2) is 0 Å². The molecule has 0 aromatic carbocycles. The van der Waals surface area contributed by atoms with Crippen LogP contribution in [0.4, 0.5) is 0 Å². The predicted molar refractivity (Wildman–Crippen MR) is 77.6 cm³/mol. The van der Waals surface area contributed by atoms with E-state index in [1.54, 1.807) is 6.20 Å². The zero-order valence-electron chi connectivity index (χ0n) is 12.3. The van der Waals surface area contributed by atoms with E-state index >= 15 is 0 Å². The summed E-state index contributed by atoms with van der Waals surface area (Å²) in [6.07, 6.45) is 8.63. The van der Waals surface area contributed by atoms with E-state index in [1.165, 1.54) is 0 Å². The molecule has 1 amide bonds. The van der Waals surface area contributed by atoms with Crippen molar-refractivity contribution in [1.29, 1.82) is 0 Å². The highest BCUT2D eigenvalue weighted by Crippen LogP contribution is 2.43. The summed E-state index contributed by atoms with van der Waals surface area (Å²) in [5, 5.41) is 16.0. The van der Waals surface area contributed by atoms with Crippen LogP contribution < -0.4 is 5.32 Å². The second-order valence-corrected chi connectivity index (χ2v) is 5.93. The number of rotatable bonds is 8. The van der Waals surface area contributed by atoms with E-state index in [1.807, 2.05) is 16.9 Å². The van der Waals surface area contributed by atoms with Crippen molar-refractivity contribution in [2.24, 2.45) is 5.41 Å². The molecule has 116 valence electrons. The Labute approximate surface area is 124 Å². The molecule has 1 aromatic heterocycles. The van der Waals surface area contributed by atoms with E-state index < -0.39 is 5.97 Å². The highest BCUT2D eigenvalue weighted by atomic mass is 16.4. The predicted octanol–water partition coefficient (Wildman–Crippen LogP) is 1.81. The Kier molecular flexibility index (Phi) is 5.36. The third-order valence-corrected chi connectivity index (χ3v) is 4.17. The van der Waals surface area contributed by atoms with Gasteiger partial charge in [0.25, 0.3) is 0 Å². The summed E-state index contributed by atoms with van der Waals surface area (Å²) in [6.45, 7) is 1.37. The van der Waals surface area contributed by atoms with Gasteiger partial charge < -0.3 is 10.4 Å². The highest BCUT2D eigenvalue weighted by Gasteiger charge is 2.37. The molecular weight excluding hydrogens is 270 g/mol. The van der Waals surface area contributed by atoms with Gasteiger partial charge in [0.2, 0.25) is 5.91 Å². The topological polar surface area (TPSA) is 84.2 Å². The minimum atomic E-state index is -0.802. The maximum absolute atomic E-state index is 12.0. The van der Waals surface area contributed by atoms with Crippen molar-refractivity contribution in [3.8, 4) is 0 Å². The van der Waals surface area contributed by atoms with Crippen LogP contribution in [-0.2, 0) is 16.1 Å². The highest BCUT2D eigenvalue weighted by molar-refractivity contribution is 5.78. The first-order valence-electron chi connectivity index (χ1n) is 7.56. The Morgan fingerprint density at radius 2 is 2.05 bits per heavy atom. The zero-order valence-corrected chi connectivity index (χ0v) is 12.3. The lowest BCUT2D eigenvalue weighted by atomic mass is 9.79. The first kappa shape index (κ1) is 15.5. The first-order valence-corrected chi connectivity index (χ1v) is 7.56. The fourth-order valence-corrected chi connectivity index (χ4v) is 3.17. The molecule has 1 saturated carbocycles.